The molecule has 1 rings (SSSR count). The largest absolute Gasteiger partial charge is 0.392 e. The SMILES string of the molecule is C/C(=C/c1cccc(C#N)c1)CO. The van der Waals surface area contributed by atoms with Crippen molar-refractivity contribution >= 4 is 6.08 Å². The van der Waals surface area contributed by atoms with Crippen LogP contribution in [0.3, 0.4) is 0 Å². The molecule has 0 aliphatic carbocycles. The minimum Gasteiger partial charge on any atom is -0.392 e. The van der Waals surface area contributed by atoms with Gasteiger partial charge in [0.2, 0.25) is 0 Å². The Morgan fingerprint density at radius 1 is 1.62 bits per heavy atom. The topological polar surface area (TPSA) is 44.0 Å². The predicted molar refractivity (Wildman–Crippen MR) is 51.9 cm³/mol. The monoisotopic (exact) mass is 173 g/mol. The molecule has 1 aromatic rings. The number of rotatable bonds is 2. The average Bonchev–Trinajstić information content (AvgIpc) is 2.18. The standard InChI is InChI=1S/C11H11NO/c1-9(8-13)5-10-3-2-4-11(6-10)7-12/h2-6,13H,8H2,1H3/b9-5-. The van der Waals surface area contributed by atoms with Gasteiger partial charge in [0.15, 0.2) is 0 Å². The second kappa shape index (κ2) is 4.44. The maximum absolute atomic E-state index is 8.79. The van der Waals surface area contributed by atoms with Crippen LogP contribution in [-0.4, -0.2) is 11.7 Å². The maximum atomic E-state index is 8.79. The molecule has 0 unspecified atom stereocenters. The first-order valence-corrected chi connectivity index (χ1v) is 4.04. The summed E-state index contributed by atoms with van der Waals surface area (Å²) in [6, 6.07) is 9.34. The van der Waals surface area contributed by atoms with Gasteiger partial charge in [-0.2, -0.15) is 5.26 Å². The number of hydrogen-bond acceptors (Lipinski definition) is 2. The van der Waals surface area contributed by atoms with E-state index in [4.69, 9.17) is 10.4 Å². The van der Waals surface area contributed by atoms with E-state index in [2.05, 4.69) is 6.07 Å². The summed E-state index contributed by atoms with van der Waals surface area (Å²) in [4.78, 5) is 0. The van der Waals surface area contributed by atoms with E-state index in [9.17, 15) is 0 Å². The molecule has 0 amide bonds. The van der Waals surface area contributed by atoms with Gasteiger partial charge >= 0.3 is 0 Å². The zero-order valence-electron chi connectivity index (χ0n) is 7.49. The lowest BCUT2D eigenvalue weighted by atomic mass is 10.1. The Morgan fingerprint density at radius 2 is 2.38 bits per heavy atom. The molecule has 0 bridgehead atoms. The van der Waals surface area contributed by atoms with Gasteiger partial charge in [-0.1, -0.05) is 18.2 Å². The Morgan fingerprint density at radius 3 is 3.00 bits per heavy atom. The highest BCUT2D eigenvalue weighted by Gasteiger charge is 1.92. The van der Waals surface area contributed by atoms with Crippen LogP contribution < -0.4 is 0 Å². The molecule has 0 atom stereocenters. The highest BCUT2D eigenvalue weighted by Crippen LogP contribution is 2.08. The van der Waals surface area contributed by atoms with Crippen molar-refractivity contribution in [2.24, 2.45) is 0 Å². The van der Waals surface area contributed by atoms with E-state index in [1.165, 1.54) is 0 Å². The molecule has 0 radical (unpaired) electrons. The first kappa shape index (κ1) is 9.50. The highest BCUT2D eigenvalue weighted by molar-refractivity contribution is 5.54. The van der Waals surface area contributed by atoms with Crippen LogP contribution in [0.2, 0.25) is 0 Å². The molecule has 1 N–H and O–H groups in total. The summed E-state index contributed by atoms with van der Waals surface area (Å²) in [5.74, 6) is 0. The van der Waals surface area contributed by atoms with Crippen LogP contribution in [0.4, 0.5) is 0 Å². The Hall–Kier alpha value is -1.59. The van der Waals surface area contributed by atoms with Crippen molar-refractivity contribution in [3.8, 4) is 6.07 Å². The van der Waals surface area contributed by atoms with Gasteiger partial charge in [-0.05, 0) is 30.2 Å². The van der Waals surface area contributed by atoms with E-state index < -0.39 is 0 Å². The number of benzene rings is 1. The van der Waals surface area contributed by atoms with Crippen molar-refractivity contribution in [3.05, 3.63) is 41.0 Å². The summed E-state index contributed by atoms with van der Waals surface area (Å²) >= 11 is 0. The van der Waals surface area contributed by atoms with Crippen molar-refractivity contribution < 1.29 is 5.11 Å². The van der Waals surface area contributed by atoms with Crippen LogP contribution in [0.15, 0.2) is 29.8 Å². The molecule has 0 fully saturated rings. The zero-order chi connectivity index (χ0) is 9.68. The zero-order valence-corrected chi connectivity index (χ0v) is 7.49. The number of nitrogens with zero attached hydrogens (tertiary/aromatic N) is 1. The van der Waals surface area contributed by atoms with E-state index in [0.717, 1.165) is 11.1 Å². The predicted octanol–water partition coefficient (Wildman–Crippen LogP) is 1.95. The molecule has 1 aromatic carbocycles. The molecule has 2 nitrogen and oxygen atoms in total. The van der Waals surface area contributed by atoms with Crippen LogP contribution in [0.5, 0.6) is 0 Å². The van der Waals surface area contributed by atoms with E-state index >= 15 is 0 Å². The number of nitriles is 1. The molecule has 0 aliphatic heterocycles. The minimum absolute atomic E-state index is 0.0524. The first-order chi connectivity index (χ1) is 6.26. The van der Waals surface area contributed by atoms with Crippen molar-refractivity contribution in [3.63, 3.8) is 0 Å². The fourth-order valence-corrected chi connectivity index (χ4v) is 1.03. The molecule has 66 valence electrons. The third kappa shape index (κ3) is 2.73. The lowest BCUT2D eigenvalue weighted by Gasteiger charge is -1.96. The van der Waals surface area contributed by atoms with Crippen molar-refractivity contribution in [2.75, 3.05) is 6.61 Å². The van der Waals surface area contributed by atoms with Crippen LogP contribution >= 0.6 is 0 Å². The molecule has 2 heteroatoms. The van der Waals surface area contributed by atoms with Gasteiger partial charge in [0.05, 0.1) is 18.2 Å². The first-order valence-electron chi connectivity index (χ1n) is 4.04. The smallest absolute Gasteiger partial charge is 0.0991 e. The van der Waals surface area contributed by atoms with Gasteiger partial charge in [0.1, 0.15) is 0 Å². The summed E-state index contributed by atoms with van der Waals surface area (Å²) in [5, 5.41) is 17.4. The second-order valence-electron chi connectivity index (χ2n) is 2.89. The second-order valence-corrected chi connectivity index (χ2v) is 2.89. The average molecular weight is 173 g/mol. The maximum Gasteiger partial charge on any atom is 0.0991 e. The van der Waals surface area contributed by atoms with Crippen molar-refractivity contribution in [1.82, 2.24) is 0 Å². The summed E-state index contributed by atoms with van der Waals surface area (Å²) in [6.07, 6.45) is 1.86. The summed E-state index contributed by atoms with van der Waals surface area (Å²) in [7, 11) is 0. The molecule has 0 aromatic heterocycles. The number of aliphatic hydroxyl groups is 1. The van der Waals surface area contributed by atoms with Gasteiger partial charge < -0.3 is 5.11 Å². The summed E-state index contributed by atoms with van der Waals surface area (Å²) in [6.45, 7) is 1.90. The van der Waals surface area contributed by atoms with E-state index in [1.807, 2.05) is 25.1 Å². The van der Waals surface area contributed by atoms with E-state index in [0.29, 0.717) is 5.56 Å². The summed E-state index contributed by atoms with van der Waals surface area (Å²) in [5.41, 5.74) is 2.47. The van der Waals surface area contributed by atoms with Crippen LogP contribution in [0, 0.1) is 11.3 Å². The lowest BCUT2D eigenvalue weighted by Crippen LogP contribution is -1.84. The van der Waals surface area contributed by atoms with E-state index in [-0.39, 0.29) is 6.61 Å². The van der Waals surface area contributed by atoms with Gasteiger partial charge in [-0.25, -0.2) is 0 Å². The molecule has 0 heterocycles. The van der Waals surface area contributed by atoms with Gasteiger partial charge in [-0.15, -0.1) is 0 Å². The third-order valence-corrected chi connectivity index (χ3v) is 1.68. The Kier molecular flexibility index (Phi) is 3.24. The van der Waals surface area contributed by atoms with Gasteiger partial charge in [0, 0.05) is 0 Å². The Balaban J connectivity index is 2.97. The van der Waals surface area contributed by atoms with Crippen molar-refractivity contribution in [1.29, 1.82) is 5.26 Å². The Labute approximate surface area is 77.8 Å². The molecule has 13 heavy (non-hydrogen) atoms. The lowest BCUT2D eigenvalue weighted by molar-refractivity contribution is 0.332. The Bertz CT molecular complexity index is 361. The quantitative estimate of drug-likeness (QED) is 0.742. The third-order valence-electron chi connectivity index (χ3n) is 1.68. The molecular formula is C11H11NO. The highest BCUT2D eigenvalue weighted by atomic mass is 16.3. The fraction of sp³-hybridized carbons (Fsp3) is 0.182. The molecule has 0 spiro atoms. The van der Waals surface area contributed by atoms with Gasteiger partial charge in [0.25, 0.3) is 0 Å². The normalized spacial score (nSPS) is 11.0. The molecule has 0 saturated heterocycles. The molecule has 0 saturated carbocycles. The fourth-order valence-electron chi connectivity index (χ4n) is 1.03. The number of hydrogen-bond donors (Lipinski definition) is 1. The van der Waals surface area contributed by atoms with Crippen molar-refractivity contribution in [2.45, 2.75) is 6.92 Å². The minimum atomic E-state index is 0.0524. The van der Waals surface area contributed by atoms with Gasteiger partial charge in [-0.3, -0.25) is 0 Å². The summed E-state index contributed by atoms with van der Waals surface area (Å²) < 4.78 is 0. The number of aliphatic hydroxyl groups excluding tert-OH is 1. The molecular weight excluding hydrogens is 162 g/mol. The van der Waals surface area contributed by atoms with Crippen LogP contribution in [0.1, 0.15) is 18.1 Å². The van der Waals surface area contributed by atoms with Crippen LogP contribution in [0.25, 0.3) is 6.08 Å². The molecule has 0 aliphatic rings. The van der Waals surface area contributed by atoms with E-state index in [1.54, 1.807) is 12.1 Å². The van der Waals surface area contributed by atoms with Crippen LogP contribution in [-0.2, 0) is 0 Å².